The molecule has 0 atom stereocenters. The van der Waals surface area contributed by atoms with Crippen LogP contribution in [0.25, 0.3) is 0 Å². The Kier molecular flexibility index (Phi) is 10.7. The first-order valence-electron chi connectivity index (χ1n) is 2.70. The second kappa shape index (κ2) is 8.66. The molecule has 0 saturated heterocycles. The zero-order valence-electron chi connectivity index (χ0n) is 6.27. The molecule has 1 N–H and O–H groups in total. The monoisotopic (exact) mass is 195 g/mol. The number of aliphatic carboxylic acids is 1. The molecule has 0 aromatic heterocycles. The van der Waals surface area contributed by atoms with Gasteiger partial charge in [-0.2, -0.15) is 0 Å². The number of carbonyl (C=O) groups is 2. The van der Waals surface area contributed by atoms with Crippen molar-refractivity contribution in [2.45, 2.75) is 26.1 Å². The molecule has 0 saturated carbocycles. The Morgan fingerprint density at radius 3 is 1.70 bits per heavy atom. The number of hydrogen-bond acceptors (Lipinski definition) is 2. The predicted octanol–water partition coefficient (Wildman–Crippen LogP) is 1.14. The number of hydrogen-bond donors (Lipinski definition) is 1. The Balaban J connectivity index is 0. The molecule has 0 aliphatic carbocycles. The molecule has 0 aliphatic heterocycles. The van der Waals surface area contributed by atoms with Crippen molar-refractivity contribution in [1.82, 2.24) is 0 Å². The van der Waals surface area contributed by atoms with Crippen LogP contribution in [-0.2, 0) is 24.5 Å². The molecular weight excluding hydrogens is 184 g/mol. The standard InChI is InChI=1S/C2H4O2.C2H3O.C2H5.Cu/c1-2(3)4;1-2-3;1-2;/h1H3,(H,3,4);1H3;1H2,2H3;. The van der Waals surface area contributed by atoms with E-state index in [2.05, 4.69) is 0 Å². The second-order valence-corrected chi connectivity index (χ2v) is 2.92. The molecule has 0 fully saturated rings. The fourth-order valence-corrected chi connectivity index (χ4v) is 0.619. The van der Waals surface area contributed by atoms with Gasteiger partial charge in [-0.25, -0.2) is 0 Å². The Morgan fingerprint density at radius 1 is 1.40 bits per heavy atom. The van der Waals surface area contributed by atoms with E-state index in [-0.39, 0.29) is 4.68 Å². The van der Waals surface area contributed by atoms with Crippen molar-refractivity contribution in [3.05, 3.63) is 0 Å². The topological polar surface area (TPSA) is 54.4 Å². The predicted molar refractivity (Wildman–Crippen MR) is 34.5 cm³/mol. The number of carboxylic acids is 1. The van der Waals surface area contributed by atoms with Crippen LogP contribution in [-0.4, -0.2) is 15.8 Å². The van der Waals surface area contributed by atoms with Crippen molar-refractivity contribution >= 4 is 10.7 Å². The summed E-state index contributed by atoms with van der Waals surface area (Å²) in [5.74, 6) is -0.833. The van der Waals surface area contributed by atoms with E-state index in [9.17, 15) is 4.79 Å². The van der Waals surface area contributed by atoms with Gasteiger partial charge in [0.25, 0.3) is 5.97 Å². The van der Waals surface area contributed by atoms with E-state index in [1.54, 1.807) is 6.92 Å². The normalized spacial score (nSPS) is 7.90. The fraction of sp³-hybridized carbons (Fsp3) is 0.667. The van der Waals surface area contributed by atoms with Crippen LogP contribution in [0.2, 0.25) is 5.32 Å². The third-order valence-corrected chi connectivity index (χ3v) is 1.06. The fourth-order valence-electron chi connectivity index (χ4n) is 0.150. The number of rotatable bonds is 2. The molecule has 0 spiro atoms. The summed E-state index contributed by atoms with van der Waals surface area (Å²) in [7, 11) is 0. The van der Waals surface area contributed by atoms with Crippen molar-refractivity contribution < 1.29 is 29.7 Å². The summed E-state index contributed by atoms with van der Waals surface area (Å²) < 4.78 is 0.196. The first-order chi connectivity index (χ1) is 4.50. The third-order valence-electron chi connectivity index (χ3n) is 0.257. The van der Waals surface area contributed by atoms with Gasteiger partial charge in [-0.15, -0.1) is 0 Å². The van der Waals surface area contributed by atoms with Crippen molar-refractivity contribution in [3.63, 3.8) is 0 Å². The van der Waals surface area contributed by atoms with Gasteiger partial charge in [0.15, 0.2) is 0 Å². The van der Waals surface area contributed by atoms with Crippen LogP contribution in [0.5, 0.6) is 0 Å². The van der Waals surface area contributed by atoms with Crippen molar-refractivity contribution in [2.75, 3.05) is 0 Å². The van der Waals surface area contributed by atoms with Crippen LogP contribution < -0.4 is 0 Å². The maximum absolute atomic E-state index is 10.0. The first kappa shape index (κ1) is 12.3. The van der Waals surface area contributed by atoms with Gasteiger partial charge in [-0.3, -0.25) is 4.79 Å². The number of carbonyl (C=O) groups excluding carboxylic acids is 1. The summed E-state index contributed by atoms with van der Waals surface area (Å²) in [5.41, 5.74) is 0. The third kappa shape index (κ3) is 48.0. The Labute approximate surface area is 67.0 Å². The van der Waals surface area contributed by atoms with E-state index in [4.69, 9.17) is 9.90 Å². The van der Waals surface area contributed by atoms with Gasteiger partial charge < -0.3 is 5.11 Å². The quantitative estimate of drug-likeness (QED) is 0.673. The second-order valence-electron chi connectivity index (χ2n) is 1.26. The van der Waals surface area contributed by atoms with Crippen LogP contribution in [0, 0.1) is 0 Å². The van der Waals surface area contributed by atoms with Gasteiger partial charge in [-0.05, 0) is 0 Å². The van der Waals surface area contributed by atoms with Gasteiger partial charge in [0, 0.05) is 6.92 Å². The van der Waals surface area contributed by atoms with Gasteiger partial charge >= 0.3 is 43.6 Å². The summed E-state index contributed by atoms with van der Waals surface area (Å²) in [6.45, 7) is 4.62. The summed E-state index contributed by atoms with van der Waals surface area (Å²) in [6.07, 6.45) is 0. The molecule has 0 bridgehead atoms. The molecule has 10 heavy (non-hydrogen) atoms. The molecule has 0 rings (SSSR count). The molecule has 0 aliphatic rings. The average molecular weight is 196 g/mol. The van der Waals surface area contributed by atoms with Gasteiger partial charge in [0.05, 0.1) is 0 Å². The Morgan fingerprint density at radius 2 is 1.70 bits per heavy atom. The minimum absolute atomic E-state index is 0.196. The molecule has 0 radical (unpaired) electrons. The van der Waals surface area contributed by atoms with E-state index in [0.717, 1.165) is 12.2 Å². The van der Waals surface area contributed by atoms with Crippen molar-refractivity contribution in [1.29, 1.82) is 0 Å². The van der Waals surface area contributed by atoms with Crippen molar-refractivity contribution in [3.8, 4) is 0 Å². The Hall–Kier alpha value is -0.341. The zero-order valence-corrected chi connectivity index (χ0v) is 7.21. The van der Waals surface area contributed by atoms with Crippen LogP contribution in [0.1, 0.15) is 20.8 Å². The number of carboxylic acid groups (broad SMARTS) is 1. The zero-order chi connectivity index (χ0) is 8.57. The molecule has 3 nitrogen and oxygen atoms in total. The first-order valence-corrected chi connectivity index (χ1v) is 3.84. The average Bonchev–Trinajstić information content (AvgIpc) is 1.62. The van der Waals surface area contributed by atoms with E-state index < -0.39 is 5.97 Å². The van der Waals surface area contributed by atoms with Gasteiger partial charge in [0.1, 0.15) is 0 Å². The van der Waals surface area contributed by atoms with Gasteiger partial charge in [0.2, 0.25) is 0 Å². The SMILES string of the molecule is CC(=O)O.C[CH2][Cu][C](C)=O. The van der Waals surface area contributed by atoms with Crippen molar-refractivity contribution in [2.24, 2.45) is 0 Å². The van der Waals surface area contributed by atoms with Crippen LogP contribution in [0.4, 0.5) is 0 Å². The molecule has 0 aromatic rings. The molecule has 65 valence electrons. The van der Waals surface area contributed by atoms with Crippen LogP contribution >= 0.6 is 0 Å². The van der Waals surface area contributed by atoms with E-state index in [0.29, 0.717) is 0 Å². The van der Waals surface area contributed by atoms with E-state index in [1.807, 2.05) is 6.92 Å². The Bertz CT molecular complexity index is 108. The molecular formula is C6H12CuO3. The molecule has 0 amide bonds. The van der Waals surface area contributed by atoms with E-state index in [1.165, 1.54) is 15.0 Å². The molecule has 0 aromatic carbocycles. The van der Waals surface area contributed by atoms with E-state index >= 15 is 0 Å². The molecule has 0 heterocycles. The molecule has 0 unspecified atom stereocenters. The summed E-state index contributed by atoms with van der Waals surface area (Å²) in [6, 6.07) is 0. The summed E-state index contributed by atoms with van der Waals surface area (Å²) in [4.78, 5) is 19.0. The molecule has 4 heteroatoms. The van der Waals surface area contributed by atoms with Gasteiger partial charge in [-0.1, -0.05) is 0 Å². The summed E-state index contributed by atoms with van der Waals surface area (Å²) >= 11 is 1.42. The minimum atomic E-state index is -0.833. The van der Waals surface area contributed by atoms with Crippen LogP contribution in [0.3, 0.4) is 0 Å². The maximum atomic E-state index is 10.0. The summed E-state index contributed by atoms with van der Waals surface area (Å²) in [5, 5.41) is 8.30. The van der Waals surface area contributed by atoms with Crippen LogP contribution in [0.15, 0.2) is 0 Å².